The van der Waals surface area contributed by atoms with Crippen LogP contribution in [0.1, 0.15) is 12.8 Å². The lowest BCUT2D eigenvalue weighted by molar-refractivity contribution is 0.310. The van der Waals surface area contributed by atoms with E-state index in [0.717, 1.165) is 49.7 Å². The summed E-state index contributed by atoms with van der Waals surface area (Å²) in [6, 6.07) is 15.5. The number of rotatable bonds is 5. The Labute approximate surface area is 158 Å². The molecule has 0 aliphatic heterocycles. The van der Waals surface area contributed by atoms with Crippen LogP contribution in [-0.4, -0.2) is 16.9 Å². The molecule has 0 bridgehead atoms. The molecule has 1 N–H and O–H groups in total. The van der Waals surface area contributed by atoms with Crippen molar-refractivity contribution in [3.8, 4) is 5.75 Å². The van der Waals surface area contributed by atoms with Gasteiger partial charge in [0.1, 0.15) is 5.75 Å². The number of halogens is 2. The Morgan fingerprint density at radius 3 is 2.57 bits per heavy atom. The average Bonchev–Trinajstić information content (AvgIpc) is 2.92. The molecular formula is C17H17BrClNOS2. The van der Waals surface area contributed by atoms with E-state index in [1.807, 2.05) is 48.5 Å². The van der Waals surface area contributed by atoms with Crippen molar-refractivity contribution < 1.29 is 4.74 Å². The molecule has 23 heavy (non-hydrogen) atoms. The van der Waals surface area contributed by atoms with Crippen LogP contribution < -0.4 is 4.74 Å². The summed E-state index contributed by atoms with van der Waals surface area (Å²) in [7, 11) is 0. The van der Waals surface area contributed by atoms with Crippen LogP contribution in [0.15, 0.2) is 48.5 Å². The third-order valence-electron chi connectivity index (χ3n) is 2.92. The summed E-state index contributed by atoms with van der Waals surface area (Å²) in [6.07, 6.45) is 2.22. The van der Waals surface area contributed by atoms with Crippen molar-refractivity contribution in [3.05, 3.63) is 57.5 Å². The van der Waals surface area contributed by atoms with Gasteiger partial charge in [-0.25, -0.2) is 0 Å². The minimum Gasteiger partial charge on any atom is -0.494 e. The van der Waals surface area contributed by atoms with Crippen molar-refractivity contribution in [3.63, 3.8) is 0 Å². The summed E-state index contributed by atoms with van der Waals surface area (Å²) in [5.74, 6) is 0.923. The second-order valence-electron chi connectivity index (χ2n) is 4.71. The smallest absolute Gasteiger partial charge is 0.159 e. The summed E-state index contributed by atoms with van der Waals surface area (Å²) in [6.45, 7) is 0.771. The highest BCUT2D eigenvalue weighted by atomic mass is 79.9. The van der Waals surface area contributed by atoms with Crippen molar-refractivity contribution in [1.82, 2.24) is 4.98 Å². The molecule has 6 heteroatoms. The van der Waals surface area contributed by atoms with E-state index in [1.54, 1.807) is 11.3 Å². The third-order valence-corrected chi connectivity index (χ3v) is 4.93. The molecule has 1 aromatic heterocycles. The summed E-state index contributed by atoms with van der Waals surface area (Å²) in [4.78, 5) is 3.13. The standard InChI is InChI=1S/C11H12BrNOS2.C6H5Cl/c12-5-1-2-6-14-8-3-4-9-10(7-8)16-11(15)13-9;7-6-4-2-1-3-5-6/h3-4,7H,1-2,5-6H2,(H,13,15);1-5H. The number of hydrogen-bond donors (Lipinski definition) is 1. The molecule has 0 spiro atoms. The van der Waals surface area contributed by atoms with Crippen LogP contribution in [-0.2, 0) is 0 Å². The van der Waals surface area contributed by atoms with Crippen LogP contribution in [0.2, 0.25) is 5.02 Å². The number of ether oxygens (including phenoxy) is 1. The minimum absolute atomic E-state index is 0.771. The highest BCUT2D eigenvalue weighted by Gasteiger charge is 2.00. The van der Waals surface area contributed by atoms with Crippen molar-refractivity contribution in [2.45, 2.75) is 12.8 Å². The van der Waals surface area contributed by atoms with Crippen LogP contribution in [0.3, 0.4) is 0 Å². The first-order valence-electron chi connectivity index (χ1n) is 7.21. The number of unbranched alkanes of at least 4 members (excludes halogenated alkanes) is 1. The number of fused-ring (bicyclic) bond motifs is 1. The van der Waals surface area contributed by atoms with Crippen LogP contribution in [0.25, 0.3) is 10.2 Å². The van der Waals surface area contributed by atoms with E-state index < -0.39 is 0 Å². The van der Waals surface area contributed by atoms with Crippen LogP contribution >= 0.6 is 51.1 Å². The number of alkyl halides is 1. The molecule has 0 aliphatic carbocycles. The van der Waals surface area contributed by atoms with Gasteiger partial charge in [-0.2, -0.15) is 0 Å². The van der Waals surface area contributed by atoms with Gasteiger partial charge in [0.25, 0.3) is 0 Å². The molecule has 0 fully saturated rings. The molecule has 0 radical (unpaired) electrons. The number of nitrogens with one attached hydrogen (secondary N) is 1. The summed E-state index contributed by atoms with van der Waals surface area (Å²) < 4.78 is 7.63. The fraction of sp³-hybridized carbons (Fsp3) is 0.235. The second kappa shape index (κ2) is 10.1. The normalized spacial score (nSPS) is 10.2. The largest absolute Gasteiger partial charge is 0.494 e. The van der Waals surface area contributed by atoms with Crippen molar-refractivity contribution >= 4 is 61.3 Å². The monoisotopic (exact) mass is 429 g/mol. The molecule has 3 rings (SSSR count). The zero-order valence-corrected chi connectivity index (χ0v) is 16.4. The quantitative estimate of drug-likeness (QED) is 0.272. The van der Waals surface area contributed by atoms with Crippen LogP contribution in [0.4, 0.5) is 0 Å². The predicted octanol–water partition coefficient (Wildman–Crippen LogP) is 6.85. The molecule has 3 aromatic rings. The molecule has 0 saturated heterocycles. The average molecular weight is 431 g/mol. The number of aromatic amines is 1. The fourth-order valence-corrected chi connectivity index (χ4v) is 3.50. The Balaban J connectivity index is 0.000000229. The van der Waals surface area contributed by atoms with Crippen LogP contribution in [0, 0.1) is 3.95 Å². The molecular weight excluding hydrogens is 414 g/mol. The van der Waals surface area contributed by atoms with Gasteiger partial charge in [0.2, 0.25) is 0 Å². The number of hydrogen-bond acceptors (Lipinski definition) is 3. The Morgan fingerprint density at radius 1 is 1.13 bits per heavy atom. The Kier molecular flexibility index (Phi) is 8.09. The highest BCUT2D eigenvalue weighted by molar-refractivity contribution is 9.09. The summed E-state index contributed by atoms with van der Waals surface area (Å²) in [5.41, 5.74) is 1.09. The predicted molar refractivity (Wildman–Crippen MR) is 107 cm³/mol. The first-order valence-corrected chi connectivity index (χ1v) is 9.93. The Hall–Kier alpha value is -0.880. The Morgan fingerprint density at radius 2 is 1.91 bits per heavy atom. The van der Waals surface area contributed by atoms with Gasteiger partial charge in [0, 0.05) is 10.4 Å². The van der Waals surface area contributed by atoms with Crippen LogP contribution in [0.5, 0.6) is 5.75 Å². The van der Waals surface area contributed by atoms with E-state index >= 15 is 0 Å². The number of aromatic nitrogens is 1. The van der Waals surface area contributed by atoms with Crippen molar-refractivity contribution in [2.24, 2.45) is 0 Å². The van der Waals surface area contributed by atoms with E-state index in [0.29, 0.717) is 0 Å². The number of benzene rings is 2. The van der Waals surface area contributed by atoms with E-state index in [1.165, 1.54) is 0 Å². The van der Waals surface area contributed by atoms with Gasteiger partial charge < -0.3 is 9.72 Å². The van der Waals surface area contributed by atoms with E-state index in [-0.39, 0.29) is 0 Å². The first-order chi connectivity index (χ1) is 11.2. The number of thiazole rings is 1. The third kappa shape index (κ3) is 6.63. The SMILES string of the molecule is Clc1ccccc1.S=c1[nH]c2ccc(OCCCCBr)cc2s1. The highest BCUT2D eigenvalue weighted by Crippen LogP contribution is 2.24. The van der Waals surface area contributed by atoms with Gasteiger partial charge in [-0.15, -0.1) is 11.3 Å². The maximum absolute atomic E-state index is 5.66. The maximum Gasteiger partial charge on any atom is 0.159 e. The molecule has 0 amide bonds. The maximum atomic E-state index is 5.66. The molecule has 0 unspecified atom stereocenters. The van der Waals surface area contributed by atoms with Crippen molar-refractivity contribution in [1.29, 1.82) is 0 Å². The van der Waals surface area contributed by atoms with Gasteiger partial charge in [-0.1, -0.05) is 45.7 Å². The molecule has 122 valence electrons. The summed E-state index contributed by atoms with van der Waals surface area (Å²) >= 11 is 15.6. The van der Waals surface area contributed by atoms with Gasteiger partial charge >= 0.3 is 0 Å². The van der Waals surface area contributed by atoms with E-state index in [9.17, 15) is 0 Å². The molecule has 0 saturated carbocycles. The molecule has 1 heterocycles. The molecule has 0 aliphatic rings. The lowest BCUT2D eigenvalue weighted by atomic mass is 10.3. The number of H-pyrrole nitrogens is 1. The van der Waals surface area contributed by atoms with E-state index in [4.69, 9.17) is 28.6 Å². The van der Waals surface area contributed by atoms with Crippen molar-refractivity contribution in [2.75, 3.05) is 11.9 Å². The minimum atomic E-state index is 0.771. The zero-order valence-electron chi connectivity index (χ0n) is 12.4. The fourth-order valence-electron chi connectivity index (χ4n) is 1.82. The first kappa shape index (κ1) is 18.5. The second-order valence-corrected chi connectivity index (χ2v) is 7.66. The van der Waals surface area contributed by atoms with Gasteiger partial charge in [0.05, 0.1) is 16.8 Å². The topological polar surface area (TPSA) is 25.0 Å². The molecule has 0 atom stereocenters. The lowest BCUT2D eigenvalue weighted by Gasteiger charge is -2.04. The summed E-state index contributed by atoms with van der Waals surface area (Å²) in [5, 5.41) is 1.83. The van der Waals surface area contributed by atoms with Gasteiger partial charge in [0.15, 0.2) is 3.95 Å². The van der Waals surface area contributed by atoms with Gasteiger partial charge in [-0.3, -0.25) is 0 Å². The molecule has 2 nitrogen and oxygen atoms in total. The Bertz CT molecular complexity index is 773. The zero-order chi connectivity index (χ0) is 16.5. The van der Waals surface area contributed by atoms with E-state index in [2.05, 4.69) is 20.9 Å². The molecule has 2 aromatic carbocycles. The van der Waals surface area contributed by atoms with Gasteiger partial charge in [-0.05, 0) is 55.4 Å². The lowest BCUT2D eigenvalue weighted by Crippen LogP contribution is -1.97.